The van der Waals surface area contributed by atoms with E-state index in [0.717, 1.165) is 24.3 Å². The van der Waals surface area contributed by atoms with Crippen LogP contribution in [0.25, 0.3) is 0 Å². The number of rotatable bonds is 9. The van der Waals surface area contributed by atoms with Crippen molar-refractivity contribution in [3.05, 3.63) is 0 Å². The molecule has 0 aromatic heterocycles. The third kappa shape index (κ3) is 8.22. The molecule has 1 unspecified atom stereocenters. The zero-order chi connectivity index (χ0) is 14.0. The number of urea groups is 1. The van der Waals surface area contributed by atoms with E-state index >= 15 is 0 Å². The Bertz CT molecular complexity index is 262. The predicted octanol–water partition coefficient (Wildman–Crippen LogP) is 2.02. The van der Waals surface area contributed by atoms with Gasteiger partial charge in [0.25, 0.3) is 0 Å². The third-order valence-corrected chi connectivity index (χ3v) is 3.31. The second-order valence-corrected chi connectivity index (χ2v) is 5.55. The predicted molar refractivity (Wildman–Crippen MR) is 75.1 cm³/mol. The SMILES string of the molecule is CCCN(CC(=O)O)C(=O)NC(C)CCSCC. The molecule has 0 aromatic rings. The molecule has 0 heterocycles. The van der Waals surface area contributed by atoms with Crippen LogP contribution in [-0.2, 0) is 4.79 Å². The zero-order valence-corrected chi connectivity index (χ0v) is 12.3. The van der Waals surface area contributed by atoms with E-state index in [4.69, 9.17) is 5.11 Å². The fourth-order valence-corrected chi connectivity index (χ4v) is 2.27. The van der Waals surface area contributed by atoms with Gasteiger partial charge >= 0.3 is 12.0 Å². The van der Waals surface area contributed by atoms with Crippen molar-refractivity contribution < 1.29 is 14.7 Å². The summed E-state index contributed by atoms with van der Waals surface area (Å²) >= 11 is 1.83. The molecule has 0 aliphatic rings. The van der Waals surface area contributed by atoms with Crippen molar-refractivity contribution in [1.82, 2.24) is 10.2 Å². The van der Waals surface area contributed by atoms with Crippen molar-refractivity contribution in [2.24, 2.45) is 0 Å². The van der Waals surface area contributed by atoms with Crippen LogP contribution in [0, 0.1) is 0 Å². The summed E-state index contributed by atoms with van der Waals surface area (Å²) in [5.74, 6) is 1.10. The average molecular weight is 276 g/mol. The molecule has 106 valence electrons. The second-order valence-electron chi connectivity index (χ2n) is 4.15. The van der Waals surface area contributed by atoms with Gasteiger partial charge in [-0.1, -0.05) is 13.8 Å². The first-order valence-electron chi connectivity index (χ1n) is 6.36. The molecular formula is C12H24N2O3S. The van der Waals surface area contributed by atoms with Crippen LogP contribution in [0.2, 0.25) is 0 Å². The van der Waals surface area contributed by atoms with Gasteiger partial charge in [-0.05, 0) is 31.3 Å². The minimum atomic E-state index is -0.979. The smallest absolute Gasteiger partial charge is 0.323 e. The normalized spacial score (nSPS) is 11.9. The standard InChI is InChI=1S/C12H24N2O3S/c1-4-7-14(9-11(15)16)12(17)13-10(3)6-8-18-5-2/h10H,4-9H2,1-3H3,(H,13,17)(H,15,16). The number of aliphatic carboxylic acids is 1. The van der Waals surface area contributed by atoms with Crippen molar-refractivity contribution in [1.29, 1.82) is 0 Å². The summed E-state index contributed by atoms with van der Waals surface area (Å²) in [4.78, 5) is 23.9. The Labute approximate surface area is 113 Å². The fraction of sp³-hybridized carbons (Fsp3) is 0.833. The van der Waals surface area contributed by atoms with Gasteiger partial charge in [0, 0.05) is 12.6 Å². The molecule has 5 nitrogen and oxygen atoms in total. The Hall–Kier alpha value is -0.910. The highest BCUT2D eigenvalue weighted by atomic mass is 32.2. The molecular weight excluding hydrogens is 252 g/mol. The summed E-state index contributed by atoms with van der Waals surface area (Å²) in [6, 6.07) is -0.210. The summed E-state index contributed by atoms with van der Waals surface area (Å²) in [5.41, 5.74) is 0. The van der Waals surface area contributed by atoms with E-state index < -0.39 is 5.97 Å². The summed E-state index contributed by atoms with van der Waals surface area (Å²) in [5, 5.41) is 11.6. The molecule has 0 aliphatic heterocycles. The van der Waals surface area contributed by atoms with Crippen molar-refractivity contribution in [3.8, 4) is 0 Å². The Kier molecular flexibility index (Phi) is 9.55. The fourth-order valence-electron chi connectivity index (χ4n) is 1.46. The molecule has 0 aromatic carbocycles. The van der Waals surface area contributed by atoms with E-state index in [9.17, 15) is 9.59 Å². The largest absolute Gasteiger partial charge is 0.480 e. The molecule has 18 heavy (non-hydrogen) atoms. The van der Waals surface area contributed by atoms with Crippen molar-refractivity contribution >= 4 is 23.8 Å². The molecule has 2 amide bonds. The molecule has 0 fully saturated rings. The average Bonchev–Trinajstić information content (AvgIpc) is 2.28. The number of carbonyl (C=O) groups is 2. The van der Waals surface area contributed by atoms with Crippen molar-refractivity contribution in [2.45, 2.75) is 39.7 Å². The Morgan fingerprint density at radius 2 is 2.06 bits per heavy atom. The number of thioether (sulfide) groups is 1. The van der Waals surface area contributed by atoms with Crippen molar-refractivity contribution in [2.75, 3.05) is 24.6 Å². The van der Waals surface area contributed by atoms with Crippen LogP contribution in [-0.4, -0.2) is 52.6 Å². The molecule has 0 saturated heterocycles. The Balaban J connectivity index is 4.10. The first-order chi connectivity index (χ1) is 8.51. The maximum Gasteiger partial charge on any atom is 0.323 e. The highest BCUT2D eigenvalue weighted by Gasteiger charge is 2.17. The summed E-state index contributed by atoms with van der Waals surface area (Å²) < 4.78 is 0. The number of hydrogen-bond donors (Lipinski definition) is 2. The summed E-state index contributed by atoms with van der Waals surface area (Å²) in [7, 11) is 0. The van der Waals surface area contributed by atoms with Gasteiger partial charge < -0.3 is 15.3 Å². The van der Waals surface area contributed by atoms with E-state index in [1.54, 1.807) is 0 Å². The monoisotopic (exact) mass is 276 g/mol. The van der Waals surface area contributed by atoms with E-state index in [-0.39, 0.29) is 18.6 Å². The highest BCUT2D eigenvalue weighted by molar-refractivity contribution is 7.99. The van der Waals surface area contributed by atoms with E-state index in [2.05, 4.69) is 12.2 Å². The van der Waals surface area contributed by atoms with Crippen LogP contribution in [0.1, 0.15) is 33.6 Å². The molecule has 0 spiro atoms. The lowest BCUT2D eigenvalue weighted by Crippen LogP contribution is -2.46. The molecule has 0 rings (SSSR count). The zero-order valence-electron chi connectivity index (χ0n) is 11.4. The van der Waals surface area contributed by atoms with Crippen molar-refractivity contribution in [3.63, 3.8) is 0 Å². The van der Waals surface area contributed by atoms with E-state index in [1.807, 2.05) is 25.6 Å². The molecule has 0 saturated carbocycles. The molecule has 2 N–H and O–H groups in total. The topological polar surface area (TPSA) is 69.6 Å². The number of carboxylic acids is 1. The number of hydrogen-bond acceptors (Lipinski definition) is 3. The molecule has 6 heteroatoms. The van der Waals surface area contributed by atoms with Gasteiger partial charge in [-0.3, -0.25) is 4.79 Å². The maximum atomic E-state index is 11.9. The number of nitrogens with one attached hydrogen (secondary N) is 1. The van der Waals surface area contributed by atoms with Crippen LogP contribution in [0.15, 0.2) is 0 Å². The highest BCUT2D eigenvalue weighted by Crippen LogP contribution is 2.04. The van der Waals surface area contributed by atoms with Crippen LogP contribution in [0.4, 0.5) is 4.79 Å². The number of carboxylic acid groups (broad SMARTS) is 1. The minimum absolute atomic E-state index is 0.0738. The van der Waals surface area contributed by atoms with Crippen LogP contribution in [0.5, 0.6) is 0 Å². The molecule has 0 bridgehead atoms. The first kappa shape index (κ1) is 17.1. The number of carbonyl (C=O) groups excluding carboxylic acids is 1. The van der Waals surface area contributed by atoms with E-state index in [0.29, 0.717) is 6.54 Å². The second kappa shape index (κ2) is 10.1. The Morgan fingerprint density at radius 3 is 2.56 bits per heavy atom. The molecule has 0 radical (unpaired) electrons. The van der Waals surface area contributed by atoms with Crippen LogP contribution < -0.4 is 5.32 Å². The van der Waals surface area contributed by atoms with Crippen LogP contribution >= 0.6 is 11.8 Å². The number of nitrogens with zero attached hydrogens (tertiary/aromatic N) is 1. The van der Waals surface area contributed by atoms with Gasteiger partial charge in [-0.25, -0.2) is 4.79 Å². The van der Waals surface area contributed by atoms with E-state index in [1.165, 1.54) is 4.90 Å². The molecule has 1 atom stereocenters. The minimum Gasteiger partial charge on any atom is -0.480 e. The lowest BCUT2D eigenvalue weighted by atomic mass is 10.2. The first-order valence-corrected chi connectivity index (χ1v) is 7.51. The van der Waals surface area contributed by atoms with Gasteiger partial charge in [-0.2, -0.15) is 11.8 Å². The van der Waals surface area contributed by atoms with Gasteiger partial charge in [0.1, 0.15) is 6.54 Å². The maximum absolute atomic E-state index is 11.9. The van der Waals surface area contributed by atoms with Crippen LogP contribution in [0.3, 0.4) is 0 Å². The summed E-state index contributed by atoms with van der Waals surface area (Å²) in [6.45, 7) is 6.19. The van der Waals surface area contributed by atoms with Gasteiger partial charge in [-0.15, -0.1) is 0 Å². The van der Waals surface area contributed by atoms with Gasteiger partial charge in [0.2, 0.25) is 0 Å². The quantitative estimate of drug-likeness (QED) is 0.632. The lowest BCUT2D eigenvalue weighted by molar-refractivity contribution is -0.137. The van der Waals surface area contributed by atoms with Gasteiger partial charge in [0.05, 0.1) is 0 Å². The third-order valence-electron chi connectivity index (χ3n) is 2.38. The Morgan fingerprint density at radius 1 is 1.39 bits per heavy atom. The van der Waals surface area contributed by atoms with Gasteiger partial charge in [0.15, 0.2) is 0 Å². The summed E-state index contributed by atoms with van der Waals surface area (Å²) in [6.07, 6.45) is 1.65. The lowest BCUT2D eigenvalue weighted by Gasteiger charge is -2.23. The number of amides is 2. The molecule has 0 aliphatic carbocycles.